The number of nitrogens with zero attached hydrogens (tertiary/aromatic N) is 2. The van der Waals surface area contributed by atoms with Crippen molar-refractivity contribution in [3.63, 3.8) is 0 Å². The molecule has 0 N–H and O–H groups in total. The highest BCUT2D eigenvalue weighted by Crippen LogP contribution is 2.41. The van der Waals surface area contributed by atoms with Gasteiger partial charge in [-0.15, -0.1) is 0 Å². The molecule has 0 aliphatic carbocycles. The third-order valence-electron chi connectivity index (χ3n) is 6.34. The predicted octanol–water partition coefficient (Wildman–Crippen LogP) is 4.60. The van der Waals surface area contributed by atoms with Gasteiger partial charge in [0.05, 0.1) is 6.54 Å². The van der Waals surface area contributed by atoms with E-state index in [-0.39, 0.29) is 36.7 Å². The van der Waals surface area contributed by atoms with Crippen LogP contribution in [-0.2, 0) is 20.9 Å². The van der Waals surface area contributed by atoms with Gasteiger partial charge in [0.1, 0.15) is 12.7 Å². The molecule has 6 heteroatoms. The molecule has 32 heavy (non-hydrogen) atoms. The zero-order valence-electron chi connectivity index (χ0n) is 18.7. The minimum absolute atomic E-state index is 0.0561. The lowest BCUT2D eigenvalue weighted by Crippen LogP contribution is -2.37. The molecule has 0 saturated carbocycles. The summed E-state index contributed by atoms with van der Waals surface area (Å²) in [5, 5.41) is 0. The number of carbonyl (C=O) groups excluding carboxylic acids is 2. The first-order valence-corrected chi connectivity index (χ1v) is 11.1. The lowest BCUT2D eigenvalue weighted by atomic mass is 9.91. The van der Waals surface area contributed by atoms with Crippen molar-refractivity contribution in [3.05, 3.63) is 71.8 Å². The van der Waals surface area contributed by atoms with Crippen molar-refractivity contribution >= 4 is 23.8 Å². The second-order valence-electron chi connectivity index (χ2n) is 8.65. The number of carbonyl (C=O) groups is 2. The molecule has 2 aromatic rings. The van der Waals surface area contributed by atoms with Gasteiger partial charge in [0.2, 0.25) is 0 Å². The Morgan fingerprint density at radius 1 is 1.16 bits per heavy atom. The number of fused-ring (bicyclic) bond motifs is 1. The van der Waals surface area contributed by atoms with Gasteiger partial charge in [-0.2, -0.15) is 0 Å². The molecule has 168 valence electrons. The number of esters is 1. The Kier molecular flexibility index (Phi) is 6.49. The SMILES string of the molecule is C=Cc1ccc2c(c1)C(CC1CC(OC(C)=O)CN1C(=O)OCc1ccccc1)CN2C. The summed E-state index contributed by atoms with van der Waals surface area (Å²) in [4.78, 5) is 28.5. The second kappa shape index (κ2) is 9.47. The van der Waals surface area contributed by atoms with Gasteiger partial charge in [-0.3, -0.25) is 4.79 Å². The Morgan fingerprint density at radius 3 is 2.66 bits per heavy atom. The molecule has 1 fully saturated rings. The summed E-state index contributed by atoms with van der Waals surface area (Å²) in [6, 6.07) is 16.0. The van der Waals surface area contributed by atoms with Crippen LogP contribution in [0.25, 0.3) is 6.08 Å². The Balaban J connectivity index is 1.49. The first-order valence-electron chi connectivity index (χ1n) is 11.1. The monoisotopic (exact) mass is 434 g/mol. The van der Waals surface area contributed by atoms with Crippen LogP contribution in [0, 0.1) is 0 Å². The van der Waals surface area contributed by atoms with Gasteiger partial charge in [-0.25, -0.2) is 4.79 Å². The number of anilines is 1. The molecular formula is C26H30N2O4. The Morgan fingerprint density at radius 2 is 1.94 bits per heavy atom. The van der Waals surface area contributed by atoms with E-state index in [4.69, 9.17) is 9.47 Å². The van der Waals surface area contributed by atoms with E-state index in [0.29, 0.717) is 13.0 Å². The summed E-state index contributed by atoms with van der Waals surface area (Å²) in [5.41, 5.74) is 4.52. The normalized spacial score (nSPS) is 21.9. The number of likely N-dealkylation sites (N-methyl/N-ethyl adjacent to an activating group) is 1. The van der Waals surface area contributed by atoms with Crippen LogP contribution in [0.2, 0.25) is 0 Å². The molecule has 3 unspecified atom stereocenters. The lowest BCUT2D eigenvalue weighted by molar-refractivity contribution is -0.145. The third kappa shape index (κ3) is 4.79. The number of likely N-dealkylation sites (tertiary alicyclic amines) is 1. The van der Waals surface area contributed by atoms with E-state index >= 15 is 0 Å². The van der Waals surface area contributed by atoms with Gasteiger partial charge >= 0.3 is 12.1 Å². The number of amides is 1. The summed E-state index contributed by atoms with van der Waals surface area (Å²) in [6.45, 7) is 6.77. The van der Waals surface area contributed by atoms with E-state index in [1.165, 1.54) is 18.2 Å². The molecule has 1 saturated heterocycles. The molecule has 2 heterocycles. The molecule has 2 aromatic carbocycles. The molecule has 4 rings (SSSR count). The van der Waals surface area contributed by atoms with Crippen molar-refractivity contribution in [1.82, 2.24) is 4.90 Å². The zero-order chi connectivity index (χ0) is 22.7. The zero-order valence-corrected chi connectivity index (χ0v) is 18.7. The van der Waals surface area contributed by atoms with E-state index in [1.54, 1.807) is 4.90 Å². The highest BCUT2D eigenvalue weighted by Gasteiger charge is 2.40. The summed E-state index contributed by atoms with van der Waals surface area (Å²) < 4.78 is 11.1. The van der Waals surface area contributed by atoms with Crippen LogP contribution in [0.1, 0.15) is 42.4 Å². The highest BCUT2D eigenvalue weighted by atomic mass is 16.6. The van der Waals surface area contributed by atoms with Crippen molar-refractivity contribution in [1.29, 1.82) is 0 Å². The average Bonchev–Trinajstić information content (AvgIpc) is 3.32. The van der Waals surface area contributed by atoms with Crippen LogP contribution in [0.4, 0.5) is 10.5 Å². The van der Waals surface area contributed by atoms with Gasteiger partial charge in [-0.1, -0.05) is 49.1 Å². The first-order chi connectivity index (χ1) is 15.4. The number of rotatable bonds is 6. The maximum Gasteiger partial charge on any atom is 0.410 e. The van der Waals surface area contributed by atoms with Crippen molar-refractivity contribution in [2.45, 2.75) is 44.4 Å². The van der Waals surface area contributed by atoms with Crippen LogP contribution in [-0.4, -0.2) is 49.2 Å². The third-order valence-corrected chi connectivity index (χ3v) is 6.34. The fourth-order valence-corrected chi connectivity index (χ4v) is 4.87. The predicted molar refractivity (Wildman–Crippen MR) is 124 cm³/mol. The summed E-state index contributed by atoms with van der Waals surface area (Å²) in [7, 11) is 2.09. The summed E-state index contributed by atoms with van der Waals surface area (Å²) >= 11 is 0. The molecule has 0 aromatic heterocycles. The van der Waals surface area contributed by atoms with Crippen LogP contribution in [0.5, 0.6) is 0 Å². The van der Waals surface area contributed by atoms with Gasteiger partial charge in [0.25, 0.3) is 0 Å². The molecule has 0 bridgehead atoms. The second-order valence-corrected chi connectivity index (χ2v) is 8.65. The molecule has 6 nitrogen and oxygen atoms in total. The van der Waals surface area contributed by atoms with Gasteiger partial charge in [0.15, 0.2) is 0 Å². The van der Waals surface area contributed by atoms with Gasteiger partial charge in [0, 0.05) is 44.6 Å². The van der Waals surface area contributed by atoms with Crippen molar-refractivity contribution in [2.24, 2.45) is 0 Å². The molecule has 1 amide bonds. The topological polar surface area (TPSA) is 59.1 Å². The fraction of sp³-hybridized carbons (Fsp3) is 0.385. The Hall–Kier alpha value is -3.28. The van der Waals surface area contributed by atoms with Crippen molar-refractivity contribution < 1.29 is 19.1 Å². The van der Waals surface area contributed by atoms with Crippen molar-refractivity contribution in [3.8, 4) is 0 Å². The molecule has 2 aliphatic heterocycles. The van der Waals surface area contributed by atoms with Crippen LogP contribution < -0.4 is 4.90 Å². The van der Waals surface area contributed by atoms with E-state index in [0.717, 1.165) is 24.1 Å². The minimum atomic E-state index is -0.361. The number of hydrogen-bond acceptors (Lipinski definition) is 5. The van der Waals surface area contributed by atoms with Gasteiger partial charge < -0.3 is 19.3 Å². The highest BCUT2D eigenvalue weighted by molar-refractivity contribution is 5.70. The maximum atomic E-state index is 13.0. The molecule has 3 atom stereocenters. The molecule has 0 spiro atoms. The Bertz CT molecular complexity index is 991. The average molecular weight is 435 g/mol. The number of benzene rings is 2. The van der Waals surface area contributed by atoms with Gasteiger partial charge in [-0.05, 0) is 35.2 Å². The smallest absolute Gasteiger partial charge is 0.410 e. The van der Waals surface area contributed by atoms with Crippen LogP contribution >= 0.6 is 0 Å². The number of hydrogen-bond donors (Lipinski definition) is 0. The summed E-state index contributed by atoms with van der Waals surface area (Å²) in [6.07, 6.45) is 2.60. The minimum Gasteiger partial charge on any atom is -0.461 e. The largest absolute Gasteiger partial charge is 0.461 e. The van der Waals surface area contributed by atoms with E-state index in [1.807, 2.05) is 36.4 Å². The first kappa shape index (κ1) is 21.9. The quantitative estimate of drug-likeness (QED) is 0.622. The van der Waals surface area contributed by atoms with Crippen LogP contribution in [0.3, 0.4) is 0 Å². The molecule has 2 aliphatic rings. The standard InChI is InChI=1S/C26H30N2O4/c1-4-19-10-11-25-24(12-19)21(15-27(25)3)13-22-14-23(32-18(2)29)16-28(22)26(30)31-17-20-8-6-5-7-9-20/h4-12,21-23H,1,13-17H2,2-3H3. The van der Waals surface area contributed by atoms with E-state index in [2.05, 4.69) is 36.7 Å². The fourth-order valence-electron chi connectivity index (χ4n) is 4.87. The van der Waals surface area contributed by atoms with Crippen LogP contribution in [0.15, 0.2) is 55.1 Å². The molecular weight excluding hydrogens is 404 g/mol. The molecule has 0 radical (unpaired) electrons. The maximum absolute atomic E-state index is 13.0. The summed E-state index contributed by atoms with van der Waals surface area (Å²) in [5.74, 6) is -0.0461. The van der Waals surface area contributed by atoms with E-state index in [9.17, 15) is 9.59 Å². The number of ether oxygens (including phenoxy) is 2. The van der Waals surface area contributed by atoms with Crippen molar-refractivity contribution in [2.75, 3.05) is 25.0 Å². The Labute approximate surface area is 189 Å². The lowest BCUT2D eigenvalue weighted by Gasteiger charge is -2.26. The van der Waals surface area contributed by atoms with E-state index < -0.39 is 0 Å².